The number of thioether (sulfide) groups is 1. The van der Waals surface area contributed by atoms with Gasteiger partial charge in [0.15, 0.2) is 5.69 Å². The van der Waals surface area contributed by atoms with Gasteiger partial charge in [-0.05, 0) is 45.0 Å². The van der Waals surface area contributed by atoms with Crippen molar-refractivity contribution in [1.82, 2.24) is 19.6 Å². The fourth-order valence-corrected chi connectivity index (χ4v) is 6.87. The Bertz CT molecular complexity index is 1410. The van der Waals surface area contributed by atoms with Crippen LogP contribution < -0.4 is 4.74 Å². The van der Waals surface area contributed by atoms with Crippen LogP contribution in [0.25, 0.3) is 11.4 Å². The summed E-state index contributed by atoms with van der Waals surface area (Å²) in [5, 5.41) is 9.74. The summed E-state index contributed by atoms with van der Waals surface area (Å²) in [4.78, 5) is 0. The van der Waals surface area contributed by atoms with E-state index >= 15 is 0 Å². The lowest BCUT2D eigenvalue weighted by atomic mass is 9.72. The van der Waals surface area contributed by atoms with Crippen molar-refractivity contribution in [1.29, 1.82) is 0 Å². The van der Waals surface area contributed by atoms with Gasteiger partial charge in [-0.15, -0.1) is 11.8 Å². The minimum atomic E-state index is -4.63. The molecular formula is C26H23F3N4OS. The molecule has 0 N–H and O–H groups in total. The maximum absolute atomic E-state index is 14.4. The van der Waals surface area contributed by atoms with Crippen LogP contribution >= 0.6 is 11.8 Å². The van der Waals surface area contributed by atoms with E-state index in [4.69, 9.17) is 9.84 Å². The third-order valence-electron chi connectivity index (χ3n) is 6.89. The maximum Gasteiger partial charge on any atom is 0.435 e. The Morgan fingerprint density at radius 1 is 0.914 bits per heavy atom. The quantitative estimate of drug-likeness (QED) is 0.322. The molecule has 0 bridgehead atoms. The highest BCUT2D eigenvalue weighted by molar-refractivity contribution is 7.99. The number of rotatable bonds is 2. The Balaban J connectivity index is 1.64. The predicted octanol–water partition coefficient (Wildman–Crippen LogP) is 6.41. The van der Waals surface area contributed by atoms with Gasteiger partial charge in [0.05, 0.1) is 22.6 Å². The van der Waals surface area contributed by atoms with Crippen LogP contribution in [0.3, 0.4) is 0 Å². The van der Waals surface area contributed by atoms with Crippen molar-refractivity contribution in [2.24, 2.45) is 5.92 Å². The van der Waals surface area contributed by atoms with E-state index in [2.05, 4.69) is 5.10 Å². The van der Waals surface area contributed by atoms with E-state index in [1.165, 1.54) is 4.68 Å². The molecule has 5 nitrogen and oxygen atoms in total. The molecule has 2 aliphatic rings. The third-order valence-corrected chi connectivity index (χ3v) is 8.08. The largest absolute Gasteiger partial charge is 0.471 e. The van der Waals surface area contributed by atoms with Gasteiger partial charge in [-0.25, -0.2) is 9.36 Å². The van der Waals surface area contributed by atoms with E-state index in [0.717, 1.165) is 22.0 Å². The summed E-state index contributed by atoms with van der Waals surface area (Å²) in [6, 6.07) is 18.5. The highest BCUT2D eigenvalue weighted by atomic mass is 32.2. The second kappa shape index (κ2) is 7.65. The Kier molecular flexibility index (Phi) is 4.87. The molecule has 180 valence electrons. The van der Waals surface area contributed by atoms with E-state index < -0.39 is 23.4 Å². The maximum atomic E-state index is 14.4. The van der Waals surface area contributed by atoms with Crippen molar-refractivity contribution >= 4 is 11.8 Å². The number of hydrogen-bond donors (Lipinski definition) is 0. The zero-order valence-corrected chi connectivity index (χ0v) is 20.2. The van der Waals surface area contributed by atoms with Gasteiger partial charge < -0.3 is 4.74 Å². The first-order chi connectivity index (χ1) is 16.7. The summed E-state index contributed by atoms with van der Waals surface area (Å²) < 4.78 is 52.8. The normalized spacial score (nSPS) is 20.5. The number of aromatic nitrogens is 4. The monoisotopic (exact) mass is 496 g/mol. The summed E-state index contributed by atoms with van der Waals surface area (Å²) in [5.74, 6) is 0.0285. The number of nitrogens with zero attached hydrogens (tertiary/aromatic N) is 4. The van der Waals surface area contributed by atoms with E-state index in [0.29, 0.717) is 11.4 Å². The lowest BCUT2D eigenvalue weighted by Crippen LogP contribution is -2.48. The molecule has 0 fully saturated rings. The number of halogens is 3. The first-order valence-electron chi connectivity index (χ1n) is 11.4. The summed E-state index contributed by atoms with van der Waals surface area (Å²) in [6.07, 6.45) is -4.63. The average molecular weight is 497 g/mol. The average Bonchev–Trinajstić information content (AvgIpc) is 3.38. The summed E-state index contributed by atoms with van der Waals surface area (Å²) >= 11 is 1.62. The molecule has 0 amide bonds. The Hall–Kier alpha value is -3.20. The van der Waals surface area contributed by atoms with Gasteiger partial charge in [0.1, 0.15) is 10.6 Å². The molecule has 0 saturated heterocycles. The van der Waals surface area contributed by atoms with Crippen LogP contribution in [0.2, 0.25) is 0 Å². The van der Waals surface area contributed by atoms with Gasteiger partial charge in [-0.1, -0.05) is 36.4 Å². The SMILES string of the molecule is Cc1nn(-c2ccccc2)c2c1[C@@H]1c3c(C(F)(F)F)nn(-c4ccccc4)c3OC(C)(C)[C@@H]1CS2. The van der Waals surface area contributed by atoms with Gasteiger partial charge in [-0.2, -0.15) is 23.4 Å². The Morgan fingerprint density at radius 3 is 2.11 bits per heavy atom. The van der Waals surface area contributed by atoms with Crippen LogP contribution in [0.15, 0.2) is 65.7 Å². The first kappa shape index (κ1) is 22.3. The van der Waals surface area contributed by atoms with Crippen molar-refractivity contribution in [3.05, 3.63) is 83.2 Å². The van der Waals surface area contributed by atoms with Crippen LogP contribution in [0.5, 0.6) is 5.88 Å². The molecule has 0 aliphatic carbocycles. The van der Waals surface area contributed by atoms with Gasteiger partial charge in [-0.3, -0.25) is 0 Å². The van der Waals surface area contributed by atoms with E-state index in [1.54, 1.807) is 36.0 Å². The number of benzene rings is 2. The third kappa shape index (κ3) is 3.39. The van der Waals surface area contributed by atoms with Crippen molar-refractivity contribution in [3.63, 3.8) is 0 Å². The lowest BCUT2D eigenvalue weighted by Gasteiger charge is -2.46. The second-order valence-corrected chi connectivity index (χ2v) is 10.5. The molecule has 0 radical (unpaired) electrons. The van der Waals surface area contributed by atoms with Crippen LogP contribution in [-0.4, -0.2) is 30.9 Å². The summed E-state index contributed by atoms with van der Waals surface area (Å²) in [5.41, 5.74) is 1.44. The number of fused-ring (bicyclic) bond motifs is 5. The zero-order valence-electron chi connectivity index (χ0n) is 19.4. The molecule has 2 aliphatic heterocycles. The predicted molar refractivity (Wildman–Crippen MR) is 128 cm³/mol. The highest BCUT2D eigenvalue weighted by Crippen LogP contribution is 2.58. The summed E-state index contributed by atoms with van der Waals surface area (Å²) in [6.45, 7) is 5.77. The zero-order chi connectivity index (χ0) is 24.5. The number of ether oxygens (including phenoxy) is 1. The van der Waals surface area contributed by atoms with Crippen LogP contribution in [0.1, 0.15) is 42.3 Å². The number of aryl methyl sites for hydroxylation is 1. The second-order valence-electron chi connectivity index (χ2n) is 9.46. The Morgan fingerprint density at radius 2 is 1.51 bits per heavy atom. The molecule has 6 rings (SSSR count). The highest BCUT2D eigenvalue weighted by Gasteiger charge is 2.55. The van der Waals surface area contributed by atoms with Crippen molar-refractivity contribution in [3.8, 4) is 17.3 Å². The van der Waals surface area contributed by atoms with Gasteiger partial charge >= 0.3 is 6.18 Å². The molecule has 4 heterocycles. The number of alkyl halides is 3. The standard InChI is InChI=1S/C26H23F3N4OS/c1-15-19-20-18(14-35-24(19)33(30-15)17-12-8-5-9-13-17)25(2,3)34-23-21(20)22(26(27,28)29)31-32(23)16-10-6-4-7-11-16/h4-13,18,20H,14H2,1-3H3/t18-,20-/m1/s1. The molecule has 9 heteroatoms. The van der Waals surface area contributed by atoms with Crippen molar-refractivity contribution in [2.75, 3.05) is 5.75 Å². The minimum Gasteiger partial charge on any atom is -0.471 e. The van der Waals surface area contributed by atoms with E-state index in [1.807, 2.05) is 61.9 Å². The molecule has 0 spiro atoms. The van der Waals surface area contributed by atoms with Crippen LogP contribution in [-0.2, 0) is 6.18 Å². The fraction of sp³-hybridized carbons (Fsp3) is 0.308. The molecule has 0 unspecified atom stereocenters. The van der Waals surface area contributed by atoms with Crippen LogP contribution in [0, 0.1) is 12.8 Å². The van der Waals surface area contributed by atoms with Crippen molar-refractivity contribution < 1.29 is 17.9 Å². The molecule has 4 aromatic rings. The molecule has 2 aromatic carbocycles. The topological polar surface area (TPSA) is 44.9 Å². The number of hydrogen-bond acceptors (Lipinski definition) is 4. The molecular weight excluding hydrogens is 473 g/mol. The van der Waals surface area contributed by atoms with Gasteiger partial charge in [0, 0.05) is 23.2 Å². The minimum absolute atomic E-state index is 0.0999. The van der Waals surface area contributed by atoms with Crippen LogP contribution in [0.4, 0.5) is 13.2 Å². The van der Waals surface area contributed by atoms with Gasteiger partial charge in [0.2, 0.25) is 5.88 Å². The molecule has 2 aromatic heterocycles. The molecule has 35 heavy (non-hydrogen) atoms. The molecule has 2 atom stereocenters. The van der Waals surface area contributed by atoms with Gasteiger partial charge in [0.25, 0.3) is 0 Å². The fourth-order valence-electron chi connectivity index (χ4n) is 5.24. The lowest BCUT2D eigenvalue weighted by molar-refractivity contribution is -0.142. The Labute approximate surface area is 204 Å². The first-order valence-corrected chi connectivity index (χ1v) is 12.4. The van der Waals surface area contributed by atoms with E-state index in [9.17, 15) is 13.2 Å². The molecule has 0 saturated carbocycles. The number of para-hydroxylation sites is 2. The van der Waals surface area contributed by atoms with E-state index in [-0.39, 0.29) is 17.4 Å². The van der Waals surface area contributed by atoms with Crippen molar-refractivity contribution in [2.45, 2.75) is 43.5 Å². The smallest absolute Gasteiger partial charge is 0.435 e. The summed E-state index contributed by atoms with van der Waals surface area (Å²) in [7, 11) is 0.